The second kappa shape index (κ2) is 6.50. The summed E-state index contributed by atoms with van der Waals surface area (Å²) in [5.74, 6) is -1.51. The minimum absolute atomic E-state index is 0.304. The van der Waals surface area contributed by atoms with Gasteiger partial charge in [0.1, 0.15) is 5.60 Å². The third-order valence-corrected chi connectivity index (χ3v) is 2.89. The van der Waals surface area contributed by atoms with Crippen molar-refractivity contribution in [2.45, 2.75) is 58.2 Å². The van der Waals surface area contributed by atoms with Crippen molar-refractivity contribution >= 4 is 5.97 Å². The highest BCUT2D eigenvalue weighted by molar-refractivity contribution is 5.78. The Morgan fingerprint density at radius 3 is 2.10 bits per heavy atom. The lowest BCUT2D eigenvalue weighted by Crippen LogP contribution is -2.28. The Balaban J connectivity index is 2.94. The van der Waals surface area contributed by atoms with Crippen molar-refractivity contribution in [2.75, 3.05) is 0 Å². The van der Waals surface area contributed by atoms with Crippen molar-refractivity contribution in [1.29, 1.82) is 0 Å². The van der Waals surface area contributed by atoms with E-state index >= 15 is 0 Å². The van der Waals surface area contributed by atoms with E-state index in [1.54, 1.807) is 45.0 Å². The largest absolute Gasteiger partial charge is 0.459 e. The third kappa shape index (κ3) is 6.65. The molecule has 0 saturated carbocycles. The molecule has 0 aromatic heterocycles. The molecule has 0 saturated heterocycles. The second-order valence-corrected chi connectivity index (χ2v) is 6.15. The van der Waals surface area contributed by atoms with Gasteiger partial charge in [-0.15, -0.1) is 0 Å². The van der Waals surface area contributed by atoms with Crippen LogP contribution in [0.5, 0.6) is 0 Å². The number of esters is 1. The number of carbonyl (C=O) groups is 1. The molecule has 1 rings (SSSR count). The van der Waals surface area contributed by atoms with Crippen LogP contribution in [0, 0.1) is 6.92 Å². The number of benzene rings is 1. The van der Waals surface area contributed by atoms with Crippen molar-refractivity contribution in [3.8, 4) is 0 Å². The van der Waals surface area contributed by atoms with Gasteiger partial charge in [-0.2, -0.15) is 13.2 Å². The van der Waals surface area contributed by atoms with Crippen LogP contribution in [-0.2, 0) is 9.53 Å². The standard InChI is InChI=1S/C16H21F3O2/c1-11-5-7-12(8-6-11)13(9-10-16(17,18)19)14(20)21-15(2,3)4/h5-8,13H,9-10H2,1-4H3. The molecule has 1 aromatic carbocycles. The summed E-state index contributed by atoms with van der Waals surface area (Å²) < 4.78 is 42.6. The van der Waals surface area contributed by atoms with Crippen LogP contribution in [-0.4, -0.2) is 17.7 Å². The third-order valence-electron chi connectivity index (χ3n) is 2.89. The van der Waals surface area contributed by atoms with E-state index in [4.69, 9.17) is 4.74 Å². The van der Waals surface area contributed by atoms with Crippen LogP contribution < -0.4 is 0 Å². The maximum Gasteiger partial charge on any atom is 0.389 e. The van der Waals surface area contributed by atoms with E-state index in [0.717, 1.165) is 5.56 Å². The Morgan fingerprint density at radius 1 is 1.14 bits per heavy atom. The van der Waals surface area contributed by atoms with Crippen LogP contribution in [0.15, 0.2) is 24.3 Å². The molecule has 21 heavy (non-hydrogen) atoms. The number of hydrogen-bond donors (Lipinski definition) is 0. The van der Waals surface area contributed by atoms with Crippen molar-refractivity contribution in [2.24, 2.45) is 0 Å². The maximum absolute atomic E-state index is 12.4. The molecule has 1 unspecified atom stereocenters. The molecular weight excluding hydrogens is 281 g/mol. The molecule has 0 spiro atoms. The van der Waals surface area contributed by atoms with Crippen molar-refractivity contribution in [3.63, 3.8) is 0 Å². The normalized spacial score (nSPS) is 13.9. The molecule has 5 heteroatoms. The molecule has 2 nitrogen and oxygen atoms in total. The van der Waals surface area contributed by atoms with E-state index in [9.17, 15) is 18.0 Å². The summed E-state index contributed by atoms with van der Waals surface area (Å²) in [5.41, 5.74) is 0.815. The number of carbonyl (C=O) groups excluding carboxylic acids is 1. The first kappa shape index (κ1) is 17.5. The summed E-state index contributed by atoms with van der Waals surface area (Å²) in [7, 11) is 0. The van der Waals surface area contributed by atoms with Crippen LogP contribution >= 0.6 is 0 Å². The van der Waals surface area contributed by atoms with Gasteiger partial charge in [0.05, 0.1) is 5.92 Å². The van der Waals surface area contributed by atoms with Gasteiger partial charge in [0.15, 0.2) is 0 Å². The first-order valence-electron chi connectivity index (χ1n) is 6.84. The number of hydrogen-bond acceptors (Lipinski definition) is 2. The van der Waals surface area contributed by atoms with E-state index in [0.29, 0.717) is 5.56 Å². The predicted octanol–water partition coefficient (Wildman–Crippen LogP) is 4.76. The Hall–Kier alpha value is -1.52. The highest BCUT2D eigenvalue weighted by atomic mass is 19.4. The molecule has 0 fully saturated rings. The molecule has 0 heterocycles. The first-order chi connectivity index (χ1) is 9.48. The maximum atomic E-state index is 12.4. The van der Waals surface area contributed by atoms with Crippen molar-refractivity contribution in [1.82, 2.24) is 0 Å². The fraction of sp³-hybridized carbons (Fsp3) is 0.562. The zero-order valence-corrected chi connectivity index (χ0v) is 12.8. The van der Waals surface area contributed by atoms with Crippen LogP contribution in [0.3, 0.4) is 0 Å². The SMILES string of the molecule is Cc1ccc(C(CCC(F)(F)F)C(=O)OC(C)(C)C)cc1. The highest BCUT2D eigenvalue weighted by Crippen LogP contribution is 2.31. The summed E-state index contributed by atoms with van der Waals surface area (Å²) in [6.45, 7) is 6.96. The number of aryl methyl sites for hydroxylation is 1. The molecule has 0 radical (unpaired) electrons. The molecule has 118 valence electrons. The summed E-state index contributed by atoms with van der Waals surface area (Å²) in [6.07, 6.45) is -5.60. The van der Waals surface area contributed by atoms with Crippen LogP contribution in [0.1, 0.15) is 50.7 Å². The van der Waals surface area contributed by atoms with E-state index in [1.165, 1.54) is 0 Å². The topological polar surface area (TPSA) is 26.3 Å². The van der Waals surface area contributed by atoms with Crippen molar-refractivity contribution < 1.29 is 22.7 Å². The summed E-state index contributed by atoms with van der Waals surface area (Å²) in [6, 6.07) is 6.92. The zero-order valence-electron chi connectivity index (χ0n) is 12.8. The van der Waals surface area contributed by atoms with Gasteiger partial charge in [0.2, 0.25) is 0 Å². The number of ether oxygens (including phenoxy) is 1. The fourth-order valence-corrected chi connectivity index (χ4v) is 1.90. The molecule has 0 aliphatic heterocycles. The molecule has 0 N–H and O–H groups in total. The zero-order chi connectivity index (χ0) is 16.3. The van der Waals surface area contributed by atoms with E-state index in [2.05, 4.69) is 0 Å². The summed E-state index contributed by atoms with van der Waals surface area (Å²) in [5, 5.41) is 0. The fourth-order valence-electron chi connectivity index (χ4n) is 1.90. The molecule has 0 amide bonds. The van der Waals surface area contributed by atoms with Gasteiger partial charge in [0, 0.05) is 6.42 Å². The van der Waals surface area contributed by atoms with E-state index < -0.39 is 30.1 Å². The van der Waals surface area contributed by atoms with E-state index in [1.807, 2.05) is 6.92 Å². The van der Waals surface area contributed by atoms with Gasteiger partial charge in [-0.1, -0.05) is 29.8 Å². The number of alkyl halides is 3. The van der Waals surface area contributed by atoms with Gasteiger partial charge < -0.3 is 4.74 Å². The molecule has 0 bridgehead atoms. The monoisotopic (exact) mass is 302 g/mol. The lowest BCUT2D eigenvalue weighted by atomic mass is 9.93. The minimum Gasteiger partial charge on any atom is -0.459 e. The molecule has 0 aliphatic rings. The van der Waals surface area contributed by atoms with Crippen LogP contribution in [0.25, 0.3) is 0 Å². The first-order valence-corrected chi connectivity index (χ1v) is 6.84. The average Bonchev–Trinajstić information content (AvgIpc) is 2.27. The lowest BCUT2D eigenvalue weighted by molar-refractivity contribution is -0.159. The van der Waals surface area contributed by atoms with Crippen LogP contribution in [0.2, 0.25) is 0 Å². The Morgan fingerprint density at radius 2 is 1.67 bits per heavy atom. The molecule has 1 atom stereocenters. The van der Waals surface area contributed by atoms with Crippen molar-refractivity contribution in [3.05, 3.63) is 35.4 Å². The van der Waals surface area contributed by atoms with E-state index in [-0.39, 0.29) is 6.42 Å². The minimum atomic E-state index is -4.29. The van der Waals surface area contributed by atoms with Gasteiger partial charge in [-0.25, -0.2) is 0 Å². The smallest absolute Gasteiger partial charge is 0.389 e. The second-order valence-electron chi connectivity index (χ2n) is 6.15. The van der Waals surface area contributed by atoms with Gasteiger partial charge in [-0.3, -0.25) is 4.79 Å². The highest BCUT2D eigenvalue weighted by Gasteiger charge is 2.33. The average molecular weight is 302 g/mol. The Kier molecular flexibility index (Phi) is 5.42. The predicted molar refractivity (Wildman–Crippen MR) is 75.1 cm³/mol. The Labute approximate surface area is 123 Å². The van der Waals surface area contributed by atoms with Gasteiger partial charge in [0.25, 0.3) is 0 Å². The summed E-state index contributed by atoms with van der Waals surface area (Å²) >= 11 is 0. The number of halogens is 3. The summed E-state index contributed by atoms with van der Waals surface area (Å²) in [4.78, 5) is 12.2. The number of rotatable bonds is 4. The molecule has 0 aliphatic carbocycles. The molecular formula is C16H21F3O2. The quantitative estimate of drug-likeness (QED) is 0.749. The molecule has 1 aromatic rings. The van der Waals surface area contributed by atoms with Gasteiger partial charge >= 0.3 is 12.1 Å². The van der Waals surface area contributed by atoms with Gasteiger partial charge in [-0.05, 0) is 39.7 Å². The van der Waals surface area contributed by atoms with Crippen LogP contribution in [0.4, 0.5) is 13.2 Å². The lowest BCUT2D eigenvalue weighted by Gasteiger charge is -2.24. The Bertz CT molecular complexity index is 470.